The van der Waals surface area contributed by atoms with Crippen LogP contribution in [0.5, 0.6) is 0 Å². The number of para-hydroxylation sites is 1. The third kappa shape index (κ3) is 4.04. The molecule has 0 radical (unpaired) electrons. The van der Waals surface area contributed by atoms with Gasteiger partial charge in [-0.05, 0) is 38.0 Å². The van der Waals surface area contributed by atoms with E-state index in [1.807, 2.05) is 32.0 Å². The summed E-state index contributed by atoms with van der Waals surface area (Å²) in [6, 6.07) is 10.5. The van der Waals surface area contributed by atoms with Crippen LogP contribution < -0.4 is 5.32 Å². The Hall–Kier alpha value is -4.01. The number of rotatable bonds is 6. The van der Waals surface area contributed by atoms with E-state index in [2.05, 4.69) is 10.3 Å². The number of carbonyl (C=O) groups is 4. The van der Waals surface area contributed by atoms with Crippen molar-refractivity contribution in [1.29, 1.82) is 0 Å². The first-order valence-corrected chi connectivity index (χ1v) is 12.2. The van der Waals surface area contributed by atoms with Gasteiger partial charge in [0.2, 0.25) is 5.91 Å². The largest absolute Gasteiger partial charge is 0.451 e. The Balaban J connectivity index is 1.34. The first-order chi connectivity index (χ1) is 17.4. The van der Waals surface area contributed by atoms with Gasteiger partial charge < -0.3 is 19.5 Å². The highest BCUT2D eigenvalue weighted by molar-refractivity contribution is 6.03. The van der Waals surface area contributed by atoms with Crippen LogP contribution in [0.1, 0.15) is 52.8 Å². The molecule has 36 heavy (non-hydrogen) atoms. The number of hydrogen-bond acceptors (Lipinski definition) is 6. The number of nitrogens with zero attached hydrogens (tertiary/aromatic N) is 3. The maximum Gasteiger partial charge on any atom is 0.287 e. The van der Waals surface area contributed by atoms with E-state index >= 15 is 0 Å². The monoisotopic (exact) mass is 488 g/mol. The van der Waals surface area contributed by atoms with Crippen LogP contribution in [0, 0.1) is 6.92 Å². The average Bonchev–Trinajstić information content (AvgIpc) is 3.57. The Bertz CT molecular complexity index is 1330. The van der Waals surface area contributed by atoms with Crippen molar-refractivity contribution in [3.8, 4) is 0 Å². The van der Waals surface area contributed by atoms with E-state index in [1.54, 1.807) is 24.3 Å². The van der Waals surface area contributed by atoms with E-state index in [0.29, 0.717) is 37.0 Å². The number of likely N-dealkylation sites (tertiary alicyclic amines) is 2. The highest BCUT2D eigenvalue weighted by Gasteiger charge is 2.52. The second-order valence-corrected chi connectivity index (χ2v) is 9.31. The summed E-state index contributed by atoms with van der Waals surface area (Å²) < 4.78 is 5.77. The van der Waals surface area contributed by atoms with Gasteiger partial charge in [0.05, 0.1) is 12.6 Å². The van der Waals surface area contributed by atoms with E-state index < -0.39 is 24.0 Å². The Morgan fingerprint density at radius 2 is 1.92 bits per heavy atom. The first-order valence-electron chi connectivity index (χ1n) is 12.2. The Kier molecular flexibility index (Phi) is 6.30. The minimum absolute atomic E-state index is 0.0580. The molecule has 3 amide bonds. The van der Waals surface area contributed by atoms with Crippen LogP contribution in [-0.2, 0) is 9.59 Å². The van der Waals surface area contributed by atoms with Crippen molar-refractivity contribution in [2.24, 2.45) is 0 Å². The molecule has 2 fully saturated rings. The van der Waals surface area contributed by atoms with E-state index in [-0.39, 0.29) is 35.6 Å². The van der Waals surface area contributed by atoms with E-state index in [9.17, 15) is 19.2 Å². The number of benzene rings is 1. The fourth-order valence-corrected chi connectivity index (χ4v) is 5.34. The summed E-state index contributed by atoms with van der Waals surface area (Å²) in [7, 11) is 0. The van der Waals surface area contributed by atoms with Crippen molar-refractivity contribution < 1.29 is 23.6 Å². The van der Waals surface area contributed by atoms with Gasteiger partial charge in [0.15, 0.2) is 11.5 Å². The van der Waals surface area contributed by atoms with Crippen LogP contribution >= 0.6 is 0 Å². The molecule has 9 heteroatoms. The van der Waals surface area contributed by atoms with Crippen LogP contribution in [-0.4, -0.2) is 69.5 Å². The molecule has 3 unspecified atom stereocenters. The lowest BCUT2D eigenvalue weighted by molar-refractivity contribution is -0.138. The third-order valence-electron chi connectivity index (χ3n) is 7.08. The number of amides is 3. The second kappa shape index (κ2) is 9.56. The van der Waals surface area contributed by atoms with E-state index in [1.165, 1.54) is 16.0 Å². The zero-order valence-electron chi connectivity index (χ0n) is 20.3. The molecule has 9 nitrogen and oxygen atoms in total. The van der Waals surface area contributed by atoms with Gasteiger partial charge in [-0.25, -0.2) is 0 Å². The molecule has 2 aromatic heterocycles. The van der Waals surface area contributed by atoms with Gasteiger partial charge in [-0.15, -0.1) is 0 Å². The van der Waals surface area contributed by atoms with Crippen molar-refractivity contribution in [3.05, 3.63) is 65.7 Å². The number of ketones is 1. The fourth-order valence-electron chi connectivity index (χ4n) is 5.34. The number of carbonyl (C=O) groups excluding carboxylic acids is 4. The number of pyridine rings is 1. The predicted molar refractivity (Wildman–Crippen MR) is 131 cm³/mol. The highest BCUT2D eigenvalue weighted by Crippen LogP contribution is 2.32. The van der Waals surface area contributed by atoms with Crippen molar-refractivity contribution in [2.45, 2.75) is 51.2 Å². The fraction of sp³-hybridized carbons (Fsp3) is 0.370. The van der Waals surface area contributed by atoms with Gasteiger partial charge >= 0.3 is 0 Å². The van der Waals surface area contributed by atoms with Crippen LogP contribution in [0.25, 0.3) is 11.0 Å². The summed E-state index contributed by atoms with van der Waals surface area (Å²) in [4.78, 5) is 59.9. The number of fused-ring (bicyclic) bond motifs is 2. The Morgan fingerprint density at radius 1 is 1.14 bits per heavy atom. The van der Waals surface area contributed by atoms with Crippen molar-refractivity contribution in [1.82, 2.24) is 20.1 Å². The lowest BCUT2D eigenvalue weighted by atomic mass is 10.1. The van der Waals surface area contributed by atoms with Crippen molar-refractivity contribution >= 4 is 34.5 Å². The average molecular weight is 489 g/mol. The molecule has 186 valence electrons. The minimum Gasteiger partial charge on any atom is -0.451 e. The molecule has 2 aliphatic rings. The van der Waals surface area contributed by atoms with Gasteiger partial charge in [-0.1, -0.05) is 37.6 Å². The summed E-state index contributed by atoms with van der Waals surface area (Å²) in [6.07, 6.45) is 3.11. The molecule has 0 bridgehead atoms. The van der Waals surface area contributed by atoms with Gasteiger partial charge in [0, 0.05) is 23.7 Å². The summed E-state index contributed by atoms with van der Waals surface area (Å²) in [5, 5.41) is 3.69. The van der Waals surface area contributed by atoms with Gasteiger partial charge in [-0.3, -0.25) is 24.2 Å². The van der Waals surface area contributed by atoms with Crippen LogP contribution in [0.2, 0.25) is 0 Å². The molecule has 0 spiro atoms. The van der Waals surface area contributed by atoms with Gasteiger partial charge in [0.1, 0.15) is 23.4 Å². The third-order valence-corrected chi connectivity index (χ3v) is 7.08. The molecule has 5 rings (SSSR count). The maximum absolute atomic E-state index is 13.6. The molecule has 4 heterocycles. The molecule has 1 N–H and O–H groups in total. The first kappa shape index (κ1) is 23.7. The summed E-state index contributed by atoms with van der Waals surface area (Å²) in [6.45, 7) is 4.02. The zero-order valence-corrected chi connectivity index (χ0v) is 20.3. The summed E-state index contributed by atoms with van der Waals surface area (Å²) in [5.41, 5.74) is 1.59. The van der Waals surface area contributed by atoms with Crippen molar-refractivity contribution in [2.75, 3.05) is 13.1 Å². The Labute approximate surface area is 208 Å². The number of nitrogens with one attached hydrogen (secondary N) is 1. The maximum atomic E-state index is 13.6. The normalized spacial score (nSPS) is 20.0. The molecule has 2 saturated heterocycles. The lowest BCUT2D eigenvalue weighted by Crippen LogP contribution is -2.52. The van der Waals surface area contributed by atoms with Crippen LogP contribution in [0.4, 0.5) is 0 Å². The second-order valence-electron chi connectivity index (χ2n) is 9.31. The quantitative estimate of drug-likeness (QED) is 0.571. The molecular formula is C27H28N4O5. The predicted octanol–water partition coefficient (Wildman–Crippen LogP) is 2.73. The number of hydrogen-bond donors (Lipinski definition) is 1. The standard InChI is InChI=1S/C27H28N4O5/c1-3-8-19(29-25(33)24-16(2)17-9-4-5-11-22(17)36-24)27(35)30-14-12-20-23(30)21(32)15-31(20)26(34)18-10-6-7-13-28-18/h4-7,9-11,13,19-20,23H,3,8,12,14-15H2,1-2H3,(H,29,33). The van der Waals surface area contributed by atoms with E-state index in [0.717, 1.165) is 5.39 Å². The van der Waals surface area contributed by atoms with Crippen LogP contribution in [0.15, 0.2) is 53.1 Å². The number of aromatic nitrogens is 1. The van der Waals surface area contributed by atoms with Gasteiger partial charge in [0.25, 0.3) is 11.8 Å². The molecular weight excluding hydrogens is 460 g/mol. The number of Topliss-reactive ketones (excluding diaryl/α,β-unsaturated/α-hetero) is 1. The molecule has 1 aromatic carbocycles. The van der Waals surface area contributed by atoms with E-state index in [4.69, 9.17) is 4.42 Å². The minimum atomic E-state index is -0.804. The van der Waals surface area contributed by atoms with Gasteiger partial charge in [-0.2, -0.15) is 0 Å². The number of aryl methyl sites for hydroxylation is 1. The molecule has 0 saturated carbocycles. The highest BCUT2D eigenvalue weighted by atomic mass is 16.3. The molecule has 3 aromatic rings. The summed E-state index contributed by atoms with van der Waals surface area (Å²) in [5.74, 6) is -1.09. The SMILES string of the molecule is CCCC(NC(=O)c1oc2ccccc2c1C)C(=O)N1CCC2C1C(=O)CN2C(=O)c1ccccn1. The zero-order chi connectivity index (χ0) is 25.4. The topological polar surface area (TPSA) is 113 Å². The lowest BCUT2D eigenvalue weighted by Gasteiger charge is -2.28. The number of furan rings is 1. The molecule has 0 aliphatic carbocycles. The summed E-state index contributed by atoms with van der Waals surface area (Å²) >= 11 is 0. The smallest absolute Gasteiger partial charge is 0.287 e. The molecule has 3 atom stereocenters. The van der Waals surface area contributed by atoms with Crippen LogP contribution in [0.3, 0.4) is 0 Å². The Morgan fingerprint density at radius 3 is 2.64 bits per heavy atom. The van der Waals surface area contributed by atoms with Crippen molar-refractivity contribution in [3.63, 3.8) is 0 Å². The molecule has 2 aliphatic heterocycles.